The van der Waals surface area contributed by atoms with Crippen LogP contribution in [0.5, 0.6) is 0 Å². The summed E-state index contributed by atoms with van der Waals surface area (Å²) < 4.78 is 4.84. The zero-order valence-electron chi connectivity index (χ0n) is 41.6. The predicted octanol–water partition coefficient (Wildman–Crippen LogP) is 20.2. The Labute approximate surface area is 441 Å². The molecule has 354 valence electrons. The number of fused-ring (bicyclic) bond motifs is 8. The summed E-state index contributed by atoms with van der Waals surface area (Å²) in [6.07, 6.45) is 0. The van der Waals surface area contributed by atoms with Gasteiger partial charge in [0.25, 0.3) is 0 Å². The van der Waals surface area contributed by atoms with Gasteiger partial charge in [0.15, 0.2) is 0 Å². The van der Waals surface area contributed by atoms with Crippen molar-refractivity contribution in [2.75, 3.05) is 0 Å². The van der Waals surface area contributed by atoms with Crippen molar-refractivity contribution in [2.24, 2.45) is 0 Å². The molecule has 0 saturated carbocycles. The summed E-state index contributed by atoms with van der Waals surface area (Å²) in [6.45, 7) is 0. The Morgan fingerprint density at radius 2 is 0.461 bits per heavy atom. The topological polar surface area (TPSA) is 9.86 Å². The fourth-order valence-electron chi connectivity index (χ4n) is 12.2. The van der Waals surface area contributed by atoms with Crippen molar-refractivity contribution in [3.63, 3.8) is 0 Å². The highest BCUT2D eigenvalue weighted by Crippen LogP contribution is 2.47. The Kier molecular flexibility index (Phi) is 10.2. The number of para-hydroxylation sites is 2. The van der Waals surface area contributed by atoms with E-state index in [0.717, 1.165) is 11.4 Å². The minimum atomic E-state index is 1.15. The van der Waals surface area contributed by atoms with Crippen LogP contribution in [-0.4, -0.2) is 9.13 Å². The molecule has 0 aliphatic rings. The van der Waals surface area contributed by atoms with Gasteiger partial charge in [0.1, 0.15) is 0 Å². The number of aromatic nitrogens is 2. The first-order valence-electron chi connectivity index (χ1n) is 26.2. The maximum absolute atomic E-state index is 2.44. The predicted molar refractivity (Wildman–Crippen MR) is 323 cm³/mol. The third-order valence-electron chi connectivity index (χ3n) is 15.7. The molecule has 0 saturated heterocycles. The molecule has 15 aromatic rings. The minimum absolute atomic E-state index is 1.15. The van der Waals surface area contributed by atoms with Crippen molar-refractivity contribution >= 4 is 65.2 Å². The summed E-state index contributed by atoms with van der Waals surface area (Å²) in [6, 6.07) is 107. The molecule has 0 aliphatic heterocycles. The van der Waals surface area contributed by atoms with E-state index in [1.54, 1.807) is 0 Å². The molecule has 0 unspecified atom stereocenters. The van der Waals surface area contributed by atoms with E-state index in [2.05, 4.69) is 300 Å². The molecule has 0 fully saturated rings. The van der Waals surface area contributed by atoms with Gasteiger partial charge in [0.2, 0.25) is 0 Å². The van der Waals surface area contributed by atoms with E-state index >= 15 is 0 Å². The van der Waals surface area contributed by atoms with Gasteiger partial charge in [-0.05, 0) is 161 Å². The van der Waals surface area contributed by atoms with Gasteiger partial charge in [-0.1, -0.05) is 218 Å². The molecular formula is C74H48N2. The molecule has 0 aliphatic carbocycles. The molecule has 0 atom stereocenters. The van der Waals surface area contributed by atoms with E-state index in [4.69, 9.17) is 0 Å². The lowest BCUT2D eigenvalue weighted by Gasteiger charge is -2.20. The van der Waals surface area contributed by atoms with Gasteiger partial charge in [0, 0.05) is 32.9 Å². The molecule has 0 radical (unpaired) electrons. The number of nitrogens with zero attached hydrogens (tertiary/aromatic N) is 2. The van der Waals surface area contributed by atoms with Crippen molar-refractivity contribution < 1.29 is 0 Å². The van der Waals surface area contributed by atoms with Crippen molar-refractivity contribution in [2.45, 2.75) is 0 Å². The minimum Gasteiger partial charge on any atom is -0.309 e. The van der Waals surface area contributed by atoms with Crippen LogP contribution in [0.3, 0.4) is 0 Å². The molecule has 2 nitrogen and oxygen atoms in total. The summed E-state index contributed by atoms with van der Waals surface area (Å²) in [4.78, 5) is 0. The van der Waals surface area contributed by atoms with Gasteiger partial charge in [-0.25, -0.2) is 0 Å². The summed E-state index contributed by atoms with van der Waals surface area (Å²) in [5.41, 5.74) is 21.5. The highest BCUT2D eigenvalue weighted by Gasteiger charge is 2.21. The Balaban J connectivity index is 0.905. The summed E-state index contributed by atoms with van der Waals surface area (Å²) in [5.74, 6) is 0. The SMILES string of the molecule is c1ccc(-c2cccc(-n3c4ccccc4c4cc(-c5ccc6c(-c7ccccc7)c7cc(-c8ccc9c(c8)c8ccccc8n9-c8cccc(-c9ccccc9)c8)ccc7c(-c7ccccc7)c6c5)ccc43)c2)cc1. The van der Waals surface area contributed by atoms with Gasteiger partial charge in [0.05, 0.1) is 22.1 Å². The first kappa shape index (κ1) is 43.6. The van der Waals surface area contributed by atoms with E-state index in [-0.39, 0.29) is 0 Å². The highest BCUT2D eigenvalue weighted by molar-refractivity contribution is 6.23. The van der Waals surface area contributed by atoms with Crippen LogP contribution in [0.4, 0.5) is 0 Å². The second kappa shape index (κ2) is 17.9. The van der Waals surface area contributed by atoms with Crippen LogP contribution in [0.2, 0.25) is 0 Å². The quantitative estimate of drug-likeness (QED) is 0.134. The van der Waals surface area contributed by atoms with Crippen molar-refractivity contribution in [3.8, 4) is 78.1 Å². The Morgan fingerprint density at radius 3 is 0.868 bits per heavy atom. The maximum atomic E-state index is 2.44. The van der Waals surface area contributed by atoms with Crippen molar-refractivity contribution in [3.05, 3.63) is 291 Å². The summed E-state index contributed by atoms with van der Waals surface area (Å²) >= 11 is 0. The molecule has 0 spiro atoms. The van der Waals surface area contributed by atoms with E-state index < -0.39 is 0 Å². The van der Waals surface area contributed by atoms with Crippen molar-refractivity contribution in [1.82, 2.24) is 9.13 Å². The second-order valence-corrected chi connectivity index (χ2v) is 20.0. The smallest absolute Gasteiger partial charge is 0.0541 e. The van der Waals surface area contributed by atoms with E-state index in [0.29, 0.717) is 0 Å². The molecule has 15 rings (SSSR count). The van der Waals surface area contributed by atoms with Gasteiger partial charge in [-0.15, -0.1) is 0 Å². The average molecular weight is 965 g/mol. The maximum Gasteiger partial charge on any atom is 0.0541 e. The third-order valence-corrected chi connectivity index (χ3v) is 15.7. The summed E-state index contributed by atoms with van der Waals surface area (Å²) in [5, 5.41) is 9.86. The summed E-state index contributed by atoms with van der Waals surface area (Å²) in [7, 11) is 0. The van der Waals surface area contributed by atoms with Gasteiger partial charge >= 0.3 is 0 Å². The van der Waals surface area contributed by atoms with Crippen LogP contribution >= 0.6 is 0 Å². The first-order chi connectivity index (χ1) is 37.7. The average Bonchev–Trinajstić information content (AvgIpc) is 4.05. The fraction of sp³-hybridized carbons (Fsp3) is 0. The first-order valence-corrected chi connectivity index (χ1v) is 26.2. The fourth-order valence-corrected chi connectivity index (χ4v) is 12.2. The molecule has 2 heteroatoms. The number of rotatable bonds is 8. The van der Waals surface area contributed by atoms with E-state index in [1.807, 2.05) is 0 Å². The Morgan fingerprint density at radius 1 is 0.158 bits per heavy atom. The molecular weight excluding hydrogens is 917 g/mol. The van der Waals surface area contributed by atoms with E-state index in [1.165, 1.54) is 132 Å². The Bertz CT molecular complexity index is 4410. The molecule has 0 amide bonds. The van der Waals surface area contributed by atoms with Crippen LogP contribution in [0.15, 0.2) is 291 Å². The van der Waals surface area contributed by atoms with Crippen LogP contribution in [0.1, 0.15) is 0 Å². The molecule has 13 aromatic carbocycles. The lowest BCUT2D eigenvalue weighted by molar-refractivity contribution is 1.18. The lowest BCUT2D eigenvalue weighted by atomic mass is 9.84. The normalized spacial score (nSPS) is 11.7. The third kappa shape index (κ3) is 7.18. The van der Waals surface area contributed by atoms with Crippen LogP contribution < -0.4 is 0 Å². The van der Waals surface area contributed by atoms with E-state index in [9.17, 15) is 0 Å². The van der Waals surface area contributed by atoms with Crippen LogP contribution in [0.25, 0.3) is 143 Å². The zero-order chi connectivity index (χ0) is 50.1. The zero-order valence-corrected chi connectivity index (χ0v) is 41.6. The molecule has 0 bridgehead atoms. The van der Waals surface area contributed by atoms with Crippen LogP contribution in [-0.2, 0) is 0 Å². The highest BCUT2D eigenvalue weighted by atomic mass is 15.0. The van der Waals surface area contributed by atoms with Gasteiger partial charge in [-0.2, -0.15) is 0 Å². The lowest BCUT2D eigenvalue weighted by Crippen LogP contribution is -1.94. The standard InChI is InChI=1S/C74H48N2/c1-5-19-49(20-6-1)53-27-17-29-59(43-53)75-69-33-15-13-31-61(69)65-45-57(37-41-71(65)75)55-35-39-63-67(47-55)73(51-23-9-3-10-24-51)64-40-36-56(48-68(64)74(63)52-25-11-4-12-26-52)58-38-42-72-66(46-58)62-32-14-16-34-70(62)76(72)60-30-18-28-54(44-60)50-21-7-2-8-22-50/h1-48H. The van der Waals surface area contributed by atoms with Gasteiger partial charge < -0.3 is 9.13 Å². The van der Waals surface area contributed by atoms with Crippen molar-refractivity contribution in [1.29, 1.82) is 0 Å². The van der Waals surface area contributed by atoms with Crippen LogP contribution in [0, 0.1) is 0 Å². The molecule has 76 heavy (non-hydrogen) atoms. The molecule has 2 aromatic heterocycles. The number of hydrogen-bond donors (Lipinski definition) is 0. The molecule has 2 heterocycles. The number of hydrogen-bond acceptors (Lipinski definition) is 0. The van der Waals surface area contributed by atoms with Gasteiger partial charge in [-0.3, -0.25) is 0 Å². The number of benzene rings is 13. The molecule has 0 N–H and O–H groups in total. The largest absolute Gasteiger partial charge is 0.309 e. The Hall–Kier alpha value is -10.0. The second-order valence-electron chi connectivity index (χ2n) is 20.0. The monoisotopic (exact) mass is 964 g/mol.